The molecule has 2 atom stereocenters. The minimum atomic E-state index is -0.207. The van der Waals surface area contributed by atoms with E-state index in [1.165, 1.54) is 6.07 Å². The fourth-order valence-corrected chi connectivity index (χ4v) is 3.28. The Kier molecular flexibility index (Phi) is 5.29. The monoisotopic (exact) mass is 312 g/mol. The highest BCUT2D eigenvalue weighted by molar-refractivity contribution is 6.31. The molecule has 1 aliphatic heterocycles. The number of rotatable bonds is 4. The number of hydrogen-bond acceptors (Lipinski definition) is 2. The third kappa shape index (κ3) is 3.77. The van der Waals surface area contributed by atoms with Crippen LogP contribution in [0, 0.1) is 11.7 Å². The van der Waals surface area contributed by atoms with Crippen molar-refractivity contribution in [3.05, 3.63) is 34.6 Å². The molecular weight excluding hydrogens is 287 g/mol. The second-order valence-corrected chi connectivity index (χ2v) is 7.12. The molecule has 0 amide bonds. The summed E-state index contributed by atoms with van der Waals surface area (Å²) in [6, 6.07) is 5.33. The second kappa shape index (κ2) is 6.64. The molecule has 1 N–H and O–H groups in total. The van der Waals surface area contributed by atoms with Crippen LogP contribution in [0.5, 0.6) is 0 Å². The fourth-order valence-electron chi connectivity index (χ4n) is 3.06. The molecule has 1 saturated heterocycles. The van der Waals surface area contributed by atoms with Gasteiger partial charge in [-0.3, -0.25) is 4.90 Å². The average Bonchev–Trinajstić information content (AvgIpc) is 2.43. The first kappa shape index (κ1) is 16.7. The van der Waals surface area contributed by atoms with Crippen molar-refractivity contribution in [2.45, 2.75) is 52.2 Å². The maximum atomic E-state index is 14.1. The zero-order valence-corrected chi connectivity index (χ0v) is 14.2. The predicted molar refractivity (Wildman–Crippen MR) is 87.1 cm³/mol. The lowest BCUT2D eigenvalue weighted by Crippen LogP contribution is -2.63. The first-order valence-corrected chi connectivity index (χ1v) is 8.16. The van der Waals surface area contributed by atoms with Gasteiger partial charge in [0.1, 0.15) is 5.82 Å². The molecule has 0 aliphatic carbocycles. The molecule has 1 aromatic rings. The van der Waals surface area contributed by atoms with Crippen LogP contribution in [0.3, 0.4) is 0 Å². The van der Waals surface area contributed by atoms with Gasteiger partial charge in [-0.15, -0.1) is 0 Å². The molecule has 0 spiro atoms. The Morgan fingerprint density at radius 1 is 1.48 bits per heavy atom. The van der Waals surface area contributed by atoms with E-state index >= 15 is 0 Å². The zero-order valence-electron chi connectivity index (χ0n) is 13.4. The number of nitrogens with zero attached hydrogens (tertiary/aromatic N) is 1. The van der Waals surface area contributed by atoms with E-state index in [0.717, 1.165) is 19.5 Å². The number of hydrogen-bond donors (Lipinski definition) is 1. The van der Waals surface area contributed by atoms with E-state index in [4.69, 9.17) is 11.6 Å². The Balaban J connectivity index is 2.24. The summed E-state index contributed by atoms with van der Waals surface area (Å²) in [7, 11) is 0. The van der Waals surface area contributed by atoms with Crippen molar-refractivity contribution in [3.63, 3.8) is 0 Å². The van der Waals surface area contributed by atoms with Gasteiger partial charge in [-0.25, -0.2) is 4.39 Å². The second-order valence-electron chi connectivity index (χ2n) is 6.71. The summed E-state index contributed by atoms with van der Waals surface area (Å²) >= 11 is 6.20. The first-order valence-electron chi connectivity index (χ1n) is 7.78. The van der Waals surface area contributed by atoms with E-state index in [1.807, 2.05) is 0 Å². The van der Waals surface area contributed by atoms with Crippen LogP contribution in [0.15, 0.2) is 18.2 Å². The maximum absolute atomic E-state index is 14.1. The quantitative estimate of drug-likeness (QED) is 0.901. The van der Waals surface area contributed by atoms with Gasteiger partial charge in [-0.05, 0) is 31.4 Å². The van der Waals surface area contributed by atoms with Crippen molar-refractivity contribution in [2.24, 2.45) is 5.92 Å². The topological polar surface area (TPSA) is 15.3 Å². The smallest absolute Gasteiger partial charge is 0.129 e. The zero-order chi connectivity index (χ0) is 15.6. The highest BCUT2D eigenvalue weighted by atomic mass is 35.5. The molecule has 4 heteroatoms. The summed E-state index contributed by atoms with van der Waals surface area (Å²) < 4.78 is 14.1. The van der Waals surface area contributed by atoms with Crippen LogP contribution in [0.25, 0.3) is 0 Å². The van der Waals surface area contributed by atoms with E-state index in [9.17, 15) is 4.39 Å². The van der Waals surface area contributed by atoms with Crippen molar-refractivity contribution >= 4 is 11.6 Å². The van der Waals surface area contributed by atoms with Crippen molar-refractivity contribution in [2.75, 3.05) is 13.1 Å². The van der Waals surface area contributed by atoms with Crippen LogP contribution in [0.4, 0.5) is 4.39 Å². The SMILES string of the molecule is CCC1(C)CN(Cc2c(F)cccc2Cl)C(C(C)C)CN1. The molecule has 2 unspecified atom stereocenters. The minimum Gasteiger partial charge on any atom is -0.309 e. The Morgan fingerprint density at radius 3 is 2.76 bits per heavy atom. The third-order valence-electron chi connectivity index (χ3n) is 4.73. The predicted octanol–water partition coefficient (Wildman–Crippen LogP) is 4.08. The average molecular weight is 313 g/mol. The fraction of sp³-hybridized carbons (Fsp3) is 0.647. The normalized spacial score (nSPS) is 27.3. The summed E-state index contributed by atoms with van der Waals surface area (Å²) in [6.45, 7) is 11.3. The van der Waals surface area contributed by atoms with Gasteiger partial charge in [0.25, 0.3) is 0 Å². The largest absolute Gasteiger partial charge is 0.309 e. The van der Waals surface area contributed by atoms with E-state index in [1.54, 1.807) is 12.1 Å². The summed E-state index contributed by atoms with van der Waals surface area (Å²) in [6.07, 6.45) is 1.05. The summed E-state index contributed by atoms with van der Waals surface area (Å²) in [4.78, 5) is 2.38. The molecule has 1 heterocycles. The molecule has 2 nitrogen and oxygen atoms in total. The lowest BCUT2D eigenvalue weighted by molar-refractivity contribution is 0.0531. The molecule has 0 saturated carbocycles. The molecule has 1 aliphatic rings. The van der Waals surface area contributed by atoms with Crippen LogP contribution in [0.2, 0.25) is 5.02 Å². The van der Waals surface area contributed by atoms with E-state index in [0.29, 0.717) is 29.1 Å². The van der Waals surface area contributed by atoms with Crippen molar-refractivity contribution in [1.29, 1.82) is 0 Å². The Morgan fingerprint density at radius 2 is 2.19 bits per heavy atom. The van der Waals surface area contributed by atoms with Crippen molar-refractivity contribution in [1.82, 2.24) is 10.2 Å². The van der Waals surface area contributed by atoms with Crippen molar-refractivity contribution < 1.29 is 4.39 Å². The molecule has 0 radical (unpaired) electrons. The number of nitrogens with one attached hydrogen (secondary N) is 1. The minimum absolute atomic E-state index is 0.0864. The lowest BCUT2D eigenvalue weighted by atomic mass is 9.89. The van der Waals surface area contributed by atoms with Gasteiger partial charge >= 0.3 is 0 Å². The first-order chi connectivity index (χ1) is 9.86. The molecule has 1 aromatic carbocycles. The maximum Gasteiger partial charge on any atom is 0.129 e. The number of benzene rings is 1. The van der Waals surface area contributed by atoms with E-state index in [2.05, 4.69) is 37.9 Å². The molecule has 1 fully saturated rings. The molecule has 118 valence electrons. The molecule has 21 heavy (non-hydrogen) atoms. The summed E-state index contributed by atoms with van der Waals surface area (Å²) in [5.41, 5.74) is 0.702. The summed E-state index contributed by atoms with van der Waals surface area (Å²) in [5.74, 6) is 0.311. The van der Waals surface area contributed by atoms with Crippen LogP contribution in [-0.4, -0.2) is 29.6 Å². The van der Waals surface area contributed by atoms with Gasteiger partial charge in [0.05, 0.1) is 0 Å². The Hall–Kier alpha value is -0.640. The van der Waals surface area contributed by atoms with Gasteiger partial charge in [-0.2, -0.15) is 0 Å². The molecular formula is C17H26ClFN2. The van der Waals surface area contributed by atoms with Gasteiger partial charge in [-0.1, -0.05) is 38.4 Å². The van der Waals surface area contributed by atoms with Gasteiger partial charge in [0.15, 0.2) is 0 Å². The van der Waals surface area contributed by atoms with Gasteiger partial charge < -0.3 is 5.32 Å². The standard InChI is InChI=1S/C17H26ClFN2/c1-5-17(4)11-21(16(9-20-17)12(2)3)10-13-14(18)7-6-8-15(13)19/h6-8,12,16,20H,5,9-11H2,1-4H3. The van der Waals surface area contributed by atoms with Crippen LogP contribution in [0.1, 0.15) is 39.7 Å². The van der Waals surface area contributed by atoms with Gasteiger partial charge in [0.2, 0.25) is 0 Å². The lowest BCUT2D eigenvalue weighted by Gasteiger charge is -2.47. The van der Waals surface area contributed by atoms with Gasteiger partial charge in [0, 0.05) is 41.8 Å². The Labute approximate surface area is 132 Å². The molecule has 2 rings (SSSR count). The van der Waals surface area contributed by atoms with Crippen LogP contribution in [-0.2, 0) is 6.54 Å². The summed E-state index contributed by atoms with van der Waals surface area (Å²) in [5, 5.41) is 4.18. The van der Waals surface area contributed by atoms with Crippen LogP contribution >= 0.6 is 11.6 Å². The highest BCUT2D eigenvalue weighted by Crippen LogP contribution is 2.27. The van der Waals surface area contributed by atoms with E-state index in [-0.39, 0.29) is 11.4 Å². The van der Waals surface area contributed by atoms with Crippen molar-refractivity contribution in [3.8, 4) is 0 Å². The molecule has 0 aromatic heterocycles. The van der Waals surface area contributed by atoms with E-state index < -0.39 is 0 Å². The third-order valence-corrected chi connectivity index (χ3v) is 5.09. The molecule has 0 bridgehead atoms. The number of halogens is 2. The van der Waals surface area contributed by atoms with Crippen LogP contribution < -0.4 is 5.32 Å². The number of piperazine rings is 1. The Bertz CT molecular complexity index is 471. The highest BCUT2D eigenvalue weighted by Gasteiger charge is 2.36.